The van der Waals surface area contributed by atoms with E-state index in [1.54, 1.807) is 0 Å². The van der Waals surface area contributed by atoms with Gasteiger partial charge in [-0.15, -0.1) is 0 Å². The van der Waals surface area contributed by atoms with Crippen molar-refractivity contribution < 1.29 is 9.21 Å². The molecule has 2 fully saturated rings. The molecule has 26 heavy (non-hydrogen) atoms. The molecule has 2 aromatic rings. The third-order valence-corrected chi connectivity index (χ3v) is 5.95. The summed E-state index contributed by atoms with van der Waals surface area (Å²) in [7, 11) is 0. The third kappa shape index (κ3) is 3.54. The standard InChI is InChI=1S/C21H27N3O2/c1-17-3-4-19(26-17)16-23-13-2-8-21(10-14-23)9-5-20(25)24(21)15-18-6-11-22-12-7-18/h3-4,6-7,11-12H,2,5,8-10,13-16H2,1H3. The Morgan fingerprint density at radius 2 is 1.92 bits per heavy atom. The predicted octanol–water partition coefficient (Wildman–Crippen LogP) is 3.53. The minimum atomic E-state index is 0.0220. The van der Waals surface area contributed by atoms with Gasteiger partial charge in [-0.25, -0.2) is 0 Å². The quantitative estimate of drug-likeness (QED) is 0.844. The molecule has 2 saturated heterocycles. The molecule has 2 aliphatic heterocycles. The van der Waals surface area contributed by atoms with Gasteiger partial charge in [-0.2, -0.15) is 0 Å². The fraction of sp³-hybridized carbons (Fsp3) is 0.524. The van der Waals surface area contributed by atoms with Crippen LogP contribution < -0.4 is 0 Å². The highest BCUT2D eigenvalue weighted by Crippen LogP contribution is 2.40. The summed E-state index contributed by atoms with van der Waals surface area (Å²) >= 11 is 0. The fourth-order valence-electron chi connectivity index (χ4n) is 4.50. The van der Waals surface area contributed by atoms with E-state index in [2.05, 4.69) is 20.9 Å². The predicted molar refractivity (Wildman–Crippen MR) is 99.3 cm³/mol. The van der Waals surface area contributed by atoms with Crippen molar-refractivity contribution >= 4 is 5.91 Å². The Hall–Kier alpha value is -2.14. The molecule has 0 aliphatic carbocycles. The number of likely N-dealkylation sites (tertiary alicyclic amines) is 2. The summed E-state index contributed by atoms with van der Waals surface area (Å²) in [6.07, 6.45) is 8.55. The average molecular weight is 353 g/mol. The number of carbonyl (C=O) groups is 1. The number of hydrogen-bond acceptors (Lipinski definition) is 4. The van der Waals surface area contributed by atoms with E-state index in [0.29, 0.717) is 18.9 Å². The number of aryl methyl sites for hydroxylation is 1. The van der Waals surface area contributed by atoms with Crippen LogP contribution in [0, 0.1) is 6.92 Å². The first kappa shape index (κ1) is 17.3. The molecule has 4 heterocycles. The molecule has 1 spiro atoms. The fourth-order valence-corrected chi connectivity index (χ4v) is 4.50. The number of amides is 1. The van der Waals surface area contributed by atoms with Gasteiger partial charge < -0.3 is 9.32 Å². The van der Waals surface area contributed by atoms with E-state index in [1.807, 2.05) is 37.5 Å². The minimum Gasteiger partial charge on any atom is -0.465 e. The Morgan fingerprint density at radius 3 is 2.69 bits per heavy atom. The zero-order valence-corrected chi connectivity index (χ0v) is 15.5. The maximum atomic E-state index is 12.6. The lowest BCUT2D eigenvalue weighted by atomic mass is 9.87. The second-order valence-electron chi connectivity index (χ2n) is 7.70. The Labute approximate surface area is 155 Å². The van der Waals surface area contributed by atoms with Gasteiger partial charge in [0.2, 0.25) is 5.91 Å². The first-order valence-corrected chi connectivity index (χ1v) is 9.62. The second kappa shape index (κ2) is 7.23. The van der Waals surface area contributed by atoms with Crippen molar-refractivity contribution in [2.24, 2.45) is 0 Å². The van der Waals surface area contributed by atoms with Crippen LogP contribution in [0.2, 0.25) is 0 Å². The van der Waals surface area contributed by atoms with Crippen LogP contribution in [0.4, 0.5) is 0 Å². The number of furan rings is 1. The molecule has 1 atom stereocenters. The maximum Gasteiger partial charge on any atom is 0.223 e. The van der Waals surface area contributed by atoms with Gasteiger partial charge in [-0.05, 0) is 69.0 Å². The topological polar surface area (TPSA) is 49.6 Å². The zero-order valence-electron chi connectivity index (χ0n) is 15.5. The molecule has 2 aliphatic rings. The highest BCUT2D eigenvalue weighted by Gasteiger charge is 2.45. The molecule has 1 amide bonds. The first-order chi connectivity index (χ1) is 12.6. The van der Waals surface area contributed by atoms with Crippen molar-refractivity contribution in [2.75, 3.05) is 13.1 Å². The maximum absolute atomic E-state index is 12.6. The number of pyridine rings is 1. The van der Waals surface area contributed by atoms with Gasteiger partial charge in [0.15, 0.2) is 0 Å². The molecule has 138 valence electrons. The van der Waals surface area contributed by atoms with Crippen molar-refractivity contribution in [3.05, 3.63) is 53.7 Å². The highest BCUT2D eigenvalue weighted by atomic mass is 16.3. The van der Waals surface area contributed by atoms with Gasteiger partial charge in [-0.1, -0.05) is 0 Å². The van der Waals surface area contributed by atoms with Gasteiger partial charge >= 0.3 is 0 Å². The summed E-state index contributed by atoms with van der Waals surface area (Å²) in [5.41, 5.74) is 1.19. The Bertz CT molecular complexity index is 758. The first-order valence-electron chi connectivity index (χ1n) is 9.62. The molecule has 0 radical (unpaired) electrons. The smallest absolute Gasteiger partial charge is 0.223 e. The van der Waals surface area contributed by atoms with Crippen molar-refractivity contribution in [3.63, 3.8) is 0 Å². The lowest BCUT2D eigenvalue weighted by Gasteiger charge is -2.38. The summed E-state index contributed by atoms with van der Waals surface area (Å²) in [6.45, 7) is 5.64. The Morgan fingerprint density at radius 1 is 1.08 bits per heavy atom. The van der Waals surface area contributed by atoms with Gasteiger partial charge in [0.25, 0.3) is 0 Å². The van der Waals surface area contributed by atoms with Crippen LogP contribution in [0.25, 0.3) is 0 Å². The second-order valence-corrected chi connectivity index (χ2v) is 7.70. The van der Waals surface area contributed by atoms with Crippen LogP contribution in [0.5, 0.6) is 0 Å². The van der Waals surface area contributed by atoms with Crippen LogP contribution in [0.1, 0.15) is 49.2 Å². The molecule has 2 aromatic heterocycles. The van der Waals surface area contributed by atoms with E-state index >= 15 is 0 Å². The van der Waals surface area contributed by atoms with Crippen LogP contribution >= 0.6 is 0 Å². The Kier molecular flexibility index (Phi) is 4.81. The van der Waals surface area contributed by atoms with Crippen molar-refractivity contribution in [2.45, 2.75) is 57.7 Å². The summed E-state index contributed by atoms with van der Waals surface area (Å²) in [5.74, 6) is 2.31. The lowest BCUT2D eigenvalue weighted by molar-refractivity contribution is -0.132. The molecular weight excluding hydrogens is 326 g/mol. The van der Waals surface area contributed by atoms with E-state index in [9.17, 15) is 4.79 Å². The van der Waals surface area contributed by atoms with E-state index in [-0.39, 0.29) is 5.54 Å². The minimum absolute atomic E-state index is 0.0220. The van der Waals surface area contributed by atoms with E-state index in [1.165, 1.54) is 5.56 Å². The highest BCUT2D eigenvalue weighted by molar-refractivity contribution is 5.79. The van der Waals surface area contributed by atoms with E-state index in [4.69, 9.17) is 4.42 Å². The van der Waals surface area contributed by atoms with E-state index in [0.717, 1.165) is 56.8 Å². The lowest BCUT2D eigenvalue weighted by Crippen LogP contribution is -2.45. The van der Waals surface area contributed by atoms with Crippen LogP contribution in [-0.2, 0) is 17.9 Å². The molecule has 1 unspecified atom stereocenters. The number of carbonyl (C=O) groups excluding carboxylic acids is 1. The molecule has 0 aromatic carbocycles. The van der Waals surface area contributed by atoms with Gasteiger partial charge in [0, 0.05) is 37.4 Å². The van der Waals surface area contributed by atoms with E-state index < -0.39 is 0 Å². The molecular formula is C21H27N3O2. The summed E-state index contributed by atoms with van der Waals surface area (Å²) in [4.78, 5) is 21.3. The Balaban J connectivity index is 1.46. The van der Waals surface area contributed by atoms with Crippen molar-refractivity contribution in [1.29, 1.82) is 0 Å². The number of hydrogen-bond donors (Lipinski definition) is 0. The molecule has 0 bridgehead atoms. The largest absolute Gasteiger partial charge is 0.465 e. The van der Waals surface area contributed by atoms with Crippen LogP contribution in [0.3, 0.4) is 0 Å². The number of nitrogens with zero attached hydrogens (tertiary/aromatic N) is 3. The monoisotopic (exact) mass is 353 g/mol. The summed E-state index contributed by atoms with van der Waals surface area (Å²) < 4.78 is 5.75. The zero-order chi connectivity index (χ0) is 18.0. The van der Waals surface area contributed by atoms with Crippen LogP contribution in [0.15, 0.2) is 41.1 Å². The van der Waals surface area contributed by atoms with Crippen molar-refractivity contribution in [1.82, 2.24) is 14.8 Å². The molecule has 0 saturated carbocycles. The van der Waals surface area contributed by atoms with Gasteiger partial charge in [0.05, 0.1) is 6.54 Å². The third-order valence-electron chi connectivity index (χ3n) is 5.95. The average Bonchev–Trinajstić information content (AvgIpc) is 3.10. The summed E-state index contributed by atoms with van der Waals surface area (Å²) in [6, 6.07) is 8.13. The molecule has 4 rings (SSSR count). The molecule has 5 heteroatoms. The van der Waals surface area contributed by atoms with Crippen molar-refractivity contribution in [3.8, 4) is 0 Å². The van der Waals surface area contributed by atoms with Gasteiger partial charge in [0.1, 0.15) is 11.5 Å². The van der Waals surface area contributed by atoms with Crippen LogP contribution in [-0.4, -0.2) is 39.3 Å². The normalized spacial score (nSPS) is 24.3. The summed E-state index contributed by atoms with van der Waals surface area (Å²) in [5, 5.41) is 0. The number of rotatable bonds is 4. The SMILES string of the molecule is Cc1ccc(CN2CCCC3(CCC(=O)N3Cc3ccncc3)CC2)o1. The molecule has 0 N–H and O–H groups in total. The molecule has 5 nitrogen and oxygen atoms in total. The van der Waals surface area contributed by atoms with Gasteiger partial charge in [-0.3, -0.25) is 14.7 Å². The number of aromatic nitrogens is 1.